The van der Waals surface area contributed by atoms with E-state index in [9.17, 15) is 0 Å². The molecular weight excluding hydrogens is 251 g/mol. The quantitative estimate of drug-likeness (QED) is 0.785. The van der Waals surface area contributed by atoms with E-state index in [0.29, 0.717) is 0 Å². The number of hydrogen-bond donors (Lipinski definition) is 1. The Bertz CT molecular complexity index is 277. The minimum Gasteiger partial charge on any atom is -0.400 e. The van der Waals surface area contributed by atoms with Crippen molar-refractivity contribution in [1.82, 2.24) is 0 Å². The zero-order chi connectivity index (χ0) is 10.3. The molecule has 0 bridgehead atoms. The number of aliphatic hydroxyl groups excluding tert-OH is 1. The molecule has 0 saturated carbocycles. The maximum Gasteiger partial charge on any atom is 0.0319 e. The molecular formula is C11H13NOY-2. The van der Waals surface area contributed by atoms with Gasteiger partial charge in [-0.15, -0.1) is 0 Å². The smallest absolute Gasteiger partial charge is 0.0319 e. The van der Waals surface area contributed by atoms with Crippen molar-refractivity contribution < 1.29 is 37.8 Å². The van der Waals surface area contributed by atoms with E-state index in [1.165, 1.54) is 0 Å². The molecule has 2 nitrogen and oxygen atoms in total. The molecule has 1 N–H and O–H groups in total. The predicted octanol–water partition coefficient (Wildman–Crippen LogP) is 1.72. The third-order valence-corrected chi connectivity index (χ3v) is 1.54. The number of hydrogen-bond acceptors (Lipinski definition) is 2. The number of aliphatic hydroxyl groups is 1. The molecule has 14 heavy (non-hydrogen) atoms. The first kappa shape index (κ1) is 16.2. The van der Waals surface area contributed by atoms with Crippen molar-refractivity contribution in [3.8, 4) is 6.07 Å². The molecule has 1 aromatic carbocycles. The Hall–Kier alpha value is -0.226. The van der Waals surface area contributed by atoms with Crippen LogP contribution in [0.4, 0.5) is 0 Å². The Morgan fingerprint density at radius 2 is 1.64 bits per heavy atom. The van der Waals surface area contributed by atoms with E-state index in [2.05, 4.69) is 13.8 Å². The van der Waals surface area contributed by atoms with Gasteiger partial charge in [0.05, 0.1) is 0 Å². The van der Waals surface area contributed by atoms with Crippen molar-refractivity contribution in [2.45, 2.75) is 5.41 Å². The first-order valence-corrected chi connectivity index (χ1v) is 3.79. The molecule has 3 heteroatoms. The average Bonchev–Trinajstić information content (AvgIpc) is 2.22. The Morgan fingerprint density at radius 1 is 1.21 bits per heavy atom. The van der Waals surface area contributed by atoms with Crippen LogP contribution in [0.15, 0.2) is 30.3 Å². The van der Waals surface area contributed by atoms with Crippen LogP contribution in [-0.4, -0.2) is 12.2 Å². The molecule has 0 atom stereocenters. The van der Waals surface area contributed by atoms with Crippen LogP contribution in [0.3, 0.4) is 0 Å². The Morgan fingerprint density at radius 3 is 2.00 bits per heavy atom. The zero-order valence-corrected chi connectivity index (χ0v) is 11.1. The fourth-order valence-corrected chi connectivity index (χ4v) is 0.822. The van der Waals surface area contributed by atoms with Crippen LogP contribution < -0.4 is 0 Å². The molecule has 0 spiro atoms. The van der Waals surface area contributed by atoms with Gasteiger partial charge in [-0.3, -0.25) is 0 Å². The van der Waals surface area contributed by atoms with Gasteiger partial charge in [0.2, 0.25) is 0 Å². The van der Waals surface area contributed by atoms with Gasteiger partial charge in [-0.05, 0) is 0 Å². The molecule has 1 radical (unpaired) electrons. The van der Waals surface area contributed by atoms with Crippen LogP contribution in [0, 0.1) is 25.2 Å². The van der Waals surface area contributed by atoms with Crippen LogP contribution in [0.1, 0.15) is 5.56 Å². The van der Waals surface area contributed by atoms with Gasteiger partial charge in [0.25, 0.3) is 0 Å². The van der Waals surface area contributed by atoms with E-state index >= 15 is 0 Å². The summed E-state index contributed by atoms with van der Waals surface area (Å²) in [5.41, 5.74) is -0.0103. The van der Waals surface area contributed by atoms with E-state index in [4.69, 9.17) is 10.4 Å². The summed E-state index contributed by atoms with van der Waals surface area (Å²) in [7, 11) is 1.00. The van der Waals surface area contributed by atoms with Crippen molar-refractivity contribution in [2.75, 3.05) is 7.11 Å². The summed E-state index contributed by atoms with van der Waals surface area (Å²) >= 11 is 0. The van der Waals surface area contributed by atoms with E-state index in [1.54, 1.807) is 0 Å². The largest absolute Gasteiger partial charge is 0.400 e. The standard InChI is InChI=1S/C10H9N.CH4O.Y/c1-10(2,8-11)9-6-4-3-5-7-9;1-2;/h3-7H,1-2H2;2H,1H3;/q-2;;. The van der Waals surface area contributed by atoms with Crippen molar-refractivity contribution in [2.24, 2.45) is 0 Å². The number of rotatable bonds is 1. The van der Waals surface area contributed by atoms with Crippen LogP contribution >= 0.6 is 0 Å². The molecule has 0 aliphatic heterocycles. The molecule has 0 heterocycles. The number of nitrogens with zero attached hydrogens (tertiary/aromatic N) is 1. The Kier molecular flexibility index (Phi) is 9.40. The molecule has 0 unspecified atom stereocenters. The minimum absolute atomic E-state index is 0. The molecule has 0 saturated heterocycles. The topological polar surface area (TPSA) is 44.0 Å². The summed E-state index contributed by atoms with van der Waals surface area (Å²) in [4.78, 5) is 0. The summed E-state index contributed by atoms with van der Waals surface area (Å²) in [6.07, 6.45) is 0. The summed E-state index contributed by atoms with van der Waals surface area (Å²) in [5, 5.41) is 15.7. The summed E-state index contributed by atoms with van der Waals surface area (Å²) < 4.78 is 0. The van der Waals surface area contributed by atoms with Gasteiger partial charge in [0.1, 0.15) is 0 Å². The summed E-state index contributed by atoms with van der Waals surface area (Å²) in [5.74, 6) is 0. The van der Waals surface area contributed by atoms with E-state index in [0.717, 1.165) is 12.7 Å². The monoisotopic (exact) mass is 264 g/mol. The molecule has 0 aliphatic rings. The average molecular weight is 264 g/mol. The Labute approximate surface area is 111 Å². The molecule has 1 rings (SSSR count). The van der Waals surface area contributed by atoms with Gasteiger partial charge < -0.3 is 19.0 Å². The third kappa shape index (κ3) is 4.86. The van der Waals surface area contributed by atoms with Gasteiger partial charge in [-0.1, -0.05) is 35.9 Å². The van der Waals surface area contributed by atoms with Gasteiger partial charge >= 0.3 is 0 Å². The van der Waals surface area contributed by atoms with Gasteiger partial charge in [-0.2, -0.15) is 5.41 Å². The van der Waals surface area contributed by atoms with Gasteiger partial charge in [0.15, 0.2) is 0 Å². The normalized spacial score (nSPS) is 8.79. The zero-order valence-electron chi connectivity index (χ0n) is 8.27. The van der Waals surface area contributed by atoms with E-state index in [-0.39, 0.29) is 32.7 Å². The van der Waals surface area contributed by atoms with Gasteiger partial charge in [-0.25, -0.2) is 5.26 Å². The fraction of sp³-hybridized carbons (Fsp3) is 0.182. The predicted molar refractivity (Wildman–Crippen MR) is 52.6 cm³/mol. The molecule has 73 valence electrons. The second-order valence-corrected chi connectivity index (χ2v) is 2.56. The van der Waals surface area contributed by atoms with Crippen LogP contribution in [0.25, 0.3) is 0 Å². The van der Waals surface area contributed by atoms with Gasteiger partial charge in [0, 0.05) is 45.9 Å². The maximum absolute atomic E-state index is 8.67. The van der Waals surface area contributed by atoms with Crippen LogP contribution in [0.5, 0.6) is 0 Å². The molecule has 1 aromatic rings. The van der Waals surface area contributed by atoms with Crippen LogP contribution in [0.2, 0.25) is 0 Å². The number of benzene rings is 1. The molecule has 0 aliphatic carbocycles. The SMILES string of the molecule is CO.[CH2-]C([CH2-])(C#N)c1ccccc1.[Y]. The van der Waals surface area contributed by atoms with Crippen molar-refractivity contribution in [3.63, 3.8) is 0 Å². The molecule has 0 amide bonds. The minimum atomic E-state index is -0.860. The van der Waals surface area contributed by atoms with Crippen LogP contribution in [-0.2, 0) is 38.1 Å². The van der Waals surface area contributed by atoms with Crippen molar-refractivity contribution in [3.05, 3.63) is 49.7 Å². The maximum atomic E-state index is 8.67. The van der Waals surface area contributed by atoms with E-state index in [1.807, 2.05) is 36.4 Å². The molecule has 0 aromatic heterocycles. The summed E-state index contributed by atoms with van der Waals surface area (Å²) in [6.45, 7) is 7.37. The Balaban J connectivity index is 0. The second-order valence-electron chi connectivity index (χ2n) is 2.56. The van der Waals surface area contributed by atoms with E-state index < -0.39 is 5.41 Å². The second kappa shape index (κ2) is 8.11. The first-order valence-electron chi connectivity index (χ1n) is 3.79. The summed E-state index contributed by atoms with van der Waals surface area (Å²) in [6, 6.07) is 11.4. The molecule has 0 fully saturated rings. The fourth-order valence-electron chi connectivity index (χ4n) is 0.822. The van der Waals surface area contributed by atoms with Crippen molar-refractivity contribution in [1.29, 1.82) is 5.26 Å². The number of nitriles is 1. The third-order valence-electron chi connectivity index (χ3n) is 1.54. The van der Waals surface area contributed by atoms with Crippen molar-refractivity contribution >= 4 is 0 Å². The first-order chi connectivity index (χ1) is 6.17.